The van der Waals surface area contributed by atoms with Gasteiger partial charge in [-0.3, -0.25) is 9.59 Å². The van der Waals surface area contributed by atoms with Crippen molar-refractivity contribution in [2.24, 2.45) is 5.92 Å². The number of carboxylic acids is 1. The third-order valence-corrected chi connectivity index (χ3v) is 5.10. The second kappa shape index (κ2) is 9.75. The molecule has 1 aliphatic carbocycles. The van der Waals surface area contributed by atoms with Crippen LogP contribution >= 0.6 is 0 Å². The first kappa shape index (κ1) is 23.4. The summed E-state index contributed by atoms with van der Waals surface area (Å²) < 4.78 is 15.4. The maximum absolute atomic E-state index is 12.4. The van der Waals surface area contributed by atoms with Gasteiger partial charge in [0.1, 0.15) is 5.76 Å². The smallest absolute Gasteiger partial charge is 0.342 e. The number of nitrogens with one attached hydrogen (secondary N) is 1. The van der Waals surface area contributed by atoms with Crippen molar-refractivity contribution in [1.29, 1.82) is 0 Å². The first-order valence-corrected chi connectivity index (χ1v) is 9.71. The molecule has 10 heteroatoms. The highest BCUT2D eigenvalue weighted by atomic mass is 16.5. The lowest BCUT2D eigenvalue weighted by atomic mass is 9.84. The molecule has 1 aliphatic rings. The summed E-state index contributed by atoms with van der Waals surface area (Å²) in [6, 6.07) is 1.23. The minimum absolute atomic E-state index is 0.302. The van der Waals surface area contributed by atoms with Crippen molar-refractivity contribution in [1.82, 2.24) is 10.5 Å². The first-order valence-electron chi connectivity index (χ1n) is 9.71. The number of carbonyl (C=O) groups excluding carboxylic acids is 2. The standard InChI is InChI=1S/C20H29N3O7/c1-11(7-8-20(2,3)14-10-15(21)23-30-14)29-19(27)12-5-6-13(9-12)22-17(24)16(28-4)18(25)26/h5-6,10-13,16H,7-9H2,1-4H3,(H2,21,23)(H,22,24)(H,25,26)/t11?,12-,13+,16?/m1/s1. The number of ether oxygens (including phenoxy) is 2. The van der Waals surface area contributed by atoms with E-state index in [0.29, 0.717) is 30.8 Å². The number of aliphatic carboxylic acids is 1. The fourth-order valence-electron chi connectivity index (χ4n) is 3.20. The quantitative estimate of drug-likeness (QED) is 0.288. The Morgan fingerprint density at radius 2 is 2.10 bits per heavy atom. The van der Waals surface area contributed by atoms with Gasteiger partial charge in [-0.1, -0.05) is 31.2 Å². The van der Waals surface area contributed by atoms with Crippen molar-refractivity contribution in [2.75, 3.05) is 12.8 Å². The third-order valence-electron chi connectivity index (χ3n) is 5.10. The van der Waals surface area contributed by atoms with Crippen molar-refractivity contribution in [3.63, 3.8) is 0 Å². The summed E-state index contributed by atoms with van der Waals surface area (Å²) >= 11 is 0. The molecule has 30 heavy (non-hydrogen) atoms. The Morgan fingerprint density at radius 3 is 2.67 bits per heavy atom. The van der Waals surface area contributed by atoms with Crippen LogP contribution in [0.3, 0.4) is 0 Å². The van der Waals surface area contributed by atoms with E-state index < -0.39 is 35.9 Å². The van der Waals surface area contributed by atoms with E-state index in [4.69, 9.17) is 20.1 Å². The molecule has 0 radical (unpaired) electrons. The van der Waals surface area contributed by atoms with Crippen molar-refractivity contribution in [2.45, 2.75) is 63.7 Å². The number of carboxylic acid groups (broad SMARTS) is 1. The van der Waals surface area contributed by atoms with E-state index in [1.807, 2.05) is 20.8 Å². The topological polar surface area (TPSA) is 154 Å². The van der Waals surface area contributed by atoms with E-state index in [1.165, 1.54) is 0 Å². The highest BCUT2D eigenvalue weighted by Gasteiger charge is 2.32. The number of nitrogens with zero attached hydrogens (tertiary/aromatic N) is 1. The molecule has 2 rings (SSSR count). The van der Waals surface area contributed by atoms with Crippen molar-refractivity contribution in [3.05, 3.63) is 24.0 Å². The average molecular weight is 423 g/mol. The summed E-state index contributed by atoms with van der Waals surface area (Å²) in [5.41, 5.74) is 5.29. The van der Waals surface area contributed by atoms with Crippen LogP contribution in [-0.2, 0) is 29.3 Å². The SMILES string of the molecule is COC(C(=O)O)C(=O)N[C@H]1C=C[C@@H](C(=O)OC(C)CCC(C)(C)c2cc(N)no2)C1. The number of anilines is 1. The van der Waals surface area contributed by atoms with E-state index >= 15 is 0 Å². The van der Waals surface area contributed by atoms with Gasteiger partial charge in [0.05, 0.1) is 12.0 Å². The van der Waals surface area contributed by atoms with Crippen LogP contribution in [0, 0.1) is 5.92 Å². The molecule has 0 aliphatic heterocycles. The second-order valence-corrected chi connectivity index (χ2v) is 8.08. The summed E-state index contributed by atoms with van der Waals surface area (Å²) in [7, 11) is 1.14. The van der Waals surface area contributed by atoms with Crippen molar-refractivity contribution in [3.8, 4) is 0 Å². The number of aromatic nitrogens is 1. The highest BCUT2D eigenvalue weighted by Crippen LogP contribution is 2.30. The van der Waals surface area contributed by atoms with Crippen LogP contribution in [0.5, 0.6) is 0 Å². The molecule has 4 N–H and O–H groups in total. The maximum Gasteiger partial charge on any atom is 0.342 e. The zero-order chi connectivity index (χ0) is 22.5. The van der Waals surface area contributed by atoms with Gasteiger partial charge < -0.3 is 30.2 Å². The van der Waals surface area contributed by atoms with E-state index in [-0.39, 0.29) is 11.5 Å². The summed E-state index contributed by atoms with van der Waals surface area (Å²) in [6.45, 7) is 5.81. The predicted molar refractivity (Wildman–Crippen MR) is 106 cm³/mol. The number of rotatable bonds is 10. The number of hydrogen-bond donors (Lipinski definition) is 3. The summed E-state index contributed by atoms with van der Waals surface area (Å²) in [5.74, 6) is -2.04. The molecule has 4 atom stereocenters. The lowest BCUT2D eigenvalue weighted by molar-refractivity contribution is -0.156. The highest BCUT2D eigenvalue weighted by molar-refractivity contribution is 6.00. The minimum Gasteiger partial charge on any atom is -0.479 e. The Labute approximate surface area is 174 Å². The molecule has 10 nitrogen and oxygen atoms in total. The van der Waals surface area contributed by atoms with Crippen LogP contribution in [0.15, 0.2) is 22.7 Å². The van der Waals surface area contributed by atoms with Crippen LogP contribution in [0.25, 0.3) is 0 Å². The lowest BCUT2D eigenvalue weighted by Crippen LogP contribution is -2.45. The normalized spacial score (nSPS) is 20.5. The Kier molecular flexibility index (Phi) is 7.60. The van der Waals surface area contributed by atoms with Crippen LogP contribution in [0.4, 0.5) is 5.82 Å². The molecule has 2 unspecified atom stereocenters. The summed E-state index contributed by atoms with van der Waals surface area (Å²) in [5, 5.41) is 15.2. The fraction of sp³-hybridized carbons (Fsp3) is 0.600. The van der Waals surface area contributed by atoms with Gasteiger partial charge in [0.25, 0.3) is 5.91 Å². The molecule has 1 heterocycles. The van der Waals surface area contributed by atoms with Gasteiger partial charge in [-0.2, -0.15) is 0 Å². The number of amides is 1. The Balaban J connectivity index is 1.79. The predicted octanol–water partition coefficient (Wildman–Crippen LogP) is 1.41. The number of hydrogen-bond acceptors (Lipinski definition) is 8. The van der Waals surface area contributed by atoms with Crippen molar-refractivity contribution >= 4 is 23.7 Å². The molecular formula is C20H29N3O7. The van der Waals surface area contributed by atoms with E-state index in [0.717, 1.165) is 7.11 Å². The number of methoxy groups -OCH3 is 1. The van der Waals surface area contributed by atoms with Crippen molar-refractivity contribution < 1.29 is 33.5 Å². The molecule has 0 bridgehead atoms. The monoisotopic (exact) mass is 423 g/mol. The maximum atomic E-state index is 12.4. The fourth-order valence-corrected chi connectivity index (χ4v) is 3.20. The number of esters is 1. The first-order chi connectivity index (χ1) is 14.0. The minimum atomic E-state index is -1.59. The van der Waals surface area contributed by atoms with E-state index in [9.17, 15) is 14.4 Å². The van der Waals surface area contributed by atoms with Gasteiger partial charge >= 0.3 is 11.9 Å². The lowest BCUT2D eigenvalue weighted by Gasteiger charge is -2.24. The molecule has 1 aromatic heterocycles. The zero-order valence-corrected chi connectivity index (χ0v) is 17.6. The second-order valence-electron chi connectivity index (χ2n) is 8.08. The molecule has 0 fully saturated rings. The summed E-state index contributed by atoms with van der Waals surface area (Å²) in [4.78, 5) is 35.3. The van der Waals surface area contributed by atoms with Gasteiger partial charge in [-0.05, 0) is 26.2 Å². The number of nitrogen functional groups attached to an aromatic ring is 1. The number of nitrogens with two attached hydrogens (primary N) is 1. The Bertz CT molecular complexity index is 802. The Morgan fingerprint density at radius 1 is 1.40 bits per heavy atom. The molecular weight excluding hydrogens is 394 g/mol. The molecule has 0 spiro atoms. The molecule has 0 saturated carbocycles. The van der Waals surface area contributed by atoms with Gasteiger partial charge in [-0.25, -0.2) is 4.79 Å². The van der Waals surface area contributed by atoms with Gasteiger partial charge in [0.2, 0.25) is 6.10 Å². The van der Waals surface area contributed by atoms with Crippen LogP contribution in [0.2, 0.25) is 0 Å². The van der Waals surface area contributed by atoms with Gasteiger partial charge in [-0.15, -0.1) is 0 Å². The van der Waals surface area contributed by atoms with Gasteiger partial charge in [0.15, 0.2) is 5.82 Å². The molecule has 1 amide bonds. The summed E-state index contributed by atoms with van der Waals surface area (Å²) in [6.07, 6.45) is 3.02. The molecule has 0 saturated heterocycles. The van der Waals surface area contributed by atoms with Crippen LogP contribution in [0.1, 0.15) is 45.8 Å². The molecule has 1 aromatic rings. The average Bonchev–Trinajstić information content (AvgIpc) is 3.30. The van der Waals surface area contributed by atoms with E-state index in [2.05, 4.69) is 15.2 Å². The molecule has 166 valence electrons. The van der Waals surface area contributed by atoms with E-state index in [1.54, 1.807) is 18.2 Å². The van der Waals surface area contributed by atoms with Gasteiger partial charge in [0, 0.05) is 24.6 Å². The van der Waals surface area contributed by atoms with Crippen LogP contribution in [-0.4, -0.2) is 53.5 Å². The van der Waals surface area contributed by atoms with Crippen LogP contribution < -0.4 is 11.1 Å². The molecule has 0 aromatic carbocycles. The third kappa shape index (κ3) is 6.06. The Hall–Kier alpha value is -2.88. The zero-order valence-electron chi connectivity index (χ0n) is 17.6. The number of carbonyl (C=O) groups is 3. The largest absolute Gasteiger partial charge is 0.479 e.